The molecule has 7 aromatic carbocycles. The Morgan fingerprint density at radius 2 is 1.19 bits per heavy atom. The molecule has 7 amide bonds. The van der Waals surface area contributed by atoms with Gasteiger partial charge in [0.25, 0.3) is 0 Å². The van der Waals surface area contributed by atoms with Crippen LogP contribution in [0.4, 0.5) is 0 Å². The van der Waals surface area contributed by atoms with Crippen LogP contribution in [0, 0.1) is 5.92 Å². The lowest BCUT2D eigenvalue weighted by Gasteiger charge is -2.41. The Kier molecular flexibility index (Phi) is 23.1. The Morgan fingerprint density at radius 3 is 1.89 bits per heavy atom. The second-order valence-corrected chi connectivity index (χ2v) is 28.2. The van der Waals surface area contributed by atoms with Gasteiger partial charge in [-0.15, -0.1) is 0 Å². The fourth-order valence-electron chi connectivity index (χ4n) is 13.6. The molecule has 7 aliphatic rings. The lowest BCUT2D eigenvalue weighted by molar-refractivity contribution is -0.241. The van der Waals surface area contributed by atoms with E-state index in [-0.39, 0.29) is 46.8 Å². The summed E-state index contributed by atoms with van der Waals surface area (Å²) in [7, 11) is 1.43. The summed E-state index contributed by atoms with van der Waals surface area (Å²) in [5.41, 5.74) is -2.67. The zero-order valence-electron chi connectivity index (χ0n) is 58.7. The topological polar surface area (TPSA) is 498 Å². The largest absolute Gasteiger partial charge is 0.508 e. The molecular weight excluding hydrogens is 1480 g/mol. The standard InChI is InChI=1S/C76H76Cl2N8O24/c1-31(2)9-7-5-4-6-8-10-53(92)81-62-64(94)65(95)67(75(104)105)110-76(62)109-66-51-25-36-26-52(66)108-49-20-15-35(23-43(49)77)63(93)61-73(101)85-60(74(102)103)41-27-37(87)28-47(90)54(41)40-22-33(13-18-45(40)88)57(70(98)86-61)82-71(99)58(36)83-72(100)59-42-29-39(30-48(91)55(42)78)107-50-24-34(14-19-46(50)89)56(79-3)69(97)80-44(68(96)84-59)21-32-11-16-38(106-51)17-12-32/h11-20,22-31,44,56-65,67,76,79,87-91,93-95H,4-10,21H2,1-3H3,(H,80,97)(H,81,92)(H,82,99)(H,83,100)(H,84,96)(H,85,101)(H,86,98)(H,102,103)(H,104,105)/t44-,56+,57-,58-,59+,60-,61+,62-,63-,64-,65+,67+,76-/m1/s1. The Balaban J connectivity index is 1.10. The summed E-state index contributed by atoms with van der Waals surface area (Å²) in [4.78, 5) is 133. The van der Waals surface area contributed by atoms with E-state index in [2.05, 4.69) is 56.4 Å². The first-order valence-electron chi connectivity index (χ1n) is 34.9. The van der Waals surface area contributed by atoms with Crippen molar-refractivity contribution in [3.63, 3.8) is 0 Å². The molecule has 34 heteroatoms. The van der Waals surface area contributed by atoms with Crippen molar-refractivity contribution in [3.05, 3.63) is 164 Å². The summed E-state index contributed by atoms with van der Waals surface area (Å²) in [5, 5.41) is 134. The van der Waals surface area contributed by atoms with Crippen LogP contribution < -0.4 is 61.5 Å². The van der Waals surface area contributed by atoms with Gasteiger partial charge in [0.15, 0.2) is 35.1 Å². The number of halogens is 2. The molecule has 7 aromatic rings. The van der Waals surface area contributed by atoms with Crippen LogP contribution in [0.2, 0.25) is 10.0 Å². The number of carbonyl (C=O) groups excluding carboxylic acids is 7. The number of aliphatic hydroxyl groups excluding tert-OH is 3. The number of aromatic hydroxyl groups is 5. The zero-order chi connectivity index (χ0) is 78.8. The molecule has 0 saturated carbocycles. The fraction of sp³-hybridized carbons (Fsp3) is 0.329. The van der Waals surface area contributed by atoms with Crippen molar-refractivity contribution in [2.75, 3.05) is 7.05 Å². The highest BCUT2D eigenvalue weighted by Crippen LogP contribution is 2.50. The molecule has 0 unspecified atom stereocenters. The monoisotopic (exact) mass is 1550 g/mol. The van der Waals surface area contributed by atoms with Gasteiger partial charge < -0.3 is 117 Å². The van der Waals surface area contributed by atoms with Crippen LogP contribution in [-0.4, -0.2) is 154 Å². The third kappa shape index (κ3) is 16.7. The number of ether oxygens (including phenoxy) is 5. The van der Waals surface area contributed by atoms with Gasteiger partial charge in [0, 0.05) is 47.2 Å². The summed E-state index contributed by atoms with van der Waals surface area (Å²) < 4.78 is 32.1. The number of carboxylic acids is 2. The maximum Gasteiger partial charge on any atom is 0.335 e. The van der Waals surface area contributed by atoms with Gasteiger partial charge in [0.05, 0.1) is 10.0 Å². The van der Waals surface area contributed by atoms with E-state index in [1.165, 1.54) is 49.5 Å². The molecular formula is C76H76Cl2N8O24. The molecule has 0 aromatic heterocycles. The maximum absolute atomic E-state index is 16.4. The number of hydrogen-bond donors (Lipinski definition) is 18. The molecule has 18 N–H and O–H groups in total. The van der Waals surface area contributed by atoms with E-state index in [1.807, 2.05) is 0 Å². The van der Waals surface area contributed by atoms with Crippen LogP contribution in [0.1, 0.15) is 134 Å². The second-order valence-electron chi connectivity index (χ2n) is 27.4. The van der Waals surface area contributed by atoms with E-state index in [9.17, 15) is 75.0 Å². The number of aliphatic hydroxyl groups is 3. The van der Waals surface area contributed by atoms with Gasteiger partial charge in [-0.2, -0.15) is 0 Å². The van der Waals surface area contributed by atoms with Crippen LogP contribution >= 0.6 is 23.2 Å². The van der Waals surface area contributed by atoms with Gasteiger partial charge in [-0.05, 0) is 120 Å². The number of rotatable bonds is 14. The van der Waals surface area contributed by atoms with E-state index in [0.717, 1.165) is 98.5 Å². The van der Waals surface area contributed by atoms with Gasteiger partial charge in [-0.1, -0.05) is 99.5 Å². The molecule has 0 aliphatic carbocycles. The third-order valence-electron chi connectivity index (χ3n) is 19.3. The molecule has 7 aliphatic heterocycles. The van der Waals surface area contributed by atoms with Crippen molar-refractivity contribution >= 4 is 76.5 Å². The number of carbonyl (C=O) groups is 9. The normalized spacial score (nSPS) is 23.9. The zero-order valence-corrected chi connectivity index (χ0v) is 60.2. The SMILES string of the molecule is CN[C@@H]1C(=O)N[C@@H]2Cc3ccc(cc3)Oc3cc4cc(c3O[C@@H]3O[C@H](C(=O)O)[C@@H](O)[C@H](O)[C@H]3NC(=O)CCCCCCCC(C)C)Oc3ccc(cc3Cl)[C@@H](O)[C@@H]3NC(=O)[C@H](NC(=O)[C@@H]4NC(=O)[C@@H](NC2=O)c2cc(cc(O)c2Cl)Oc2cc1ccc2O)c1ccc(O)c(c1)-c1c(O)cc(O)cc1[C@H](C(=O)O)NC3=O. The van der Waals surface area contributed by atoms with Gasteiger partial charge >= 0.3 is 11.9 Å². The van der Waals surface area contributed by atoms with E-state index in [4.69, 9.17) is 46.9 Å². The predicted molar refractivity (Wildman–Crippen MR) is 386 cm³/mol. The van der Waals surface area contributed by atoms with Gasteiger partial charge in [-0.3, -0.25) is 33.6 Å². The number of benzene rings is 7. The van der Waals surface area contributed by atoms with Gasteiger partial charge in [-0.25, -0.2) is 9.59 Å². The number of nitrogens with one attached hydrogen (secondary N) is 8. The Bertz CT molecular complexity index is 4820. The van der Waals surface area contributed by atoms with Crippen LogP contribution in [0.5, 0.6) is 69.0 Å². The van der Waals surface area contributed by atoms with Crippen molar-refractivity contribution < 1.29 is 118 Å². The lowest BCUT2D eigenvalue weighted by Crippen LogP contribution is -2.66. The predicted octanol–water partition coefficient (Wildman–Crippen LogP) is 6.32. The summed E-state index contributed by atoms with van der Waals surface area (Å²) >= 11 is 14.1. The van der Waals surface area contributed by atoms with Crippen LogP contribution in [-0.2, 0) is 54.3 Å². The third-order valence-corrected chi connectivity index (χ3v) is 20.0. The van der Waals surface area contributed by atoms with Crippen molar-refractivity contribution in [1.29, 1.82) is 0 Å². The number of fused-ring (bicyclic) bond motifs is 14. The van der Waals surface area contributed by atoms with Crippen molar-refractivity contribution in [2.45, 2.75) is 144 Å². The number of phenols is 5. The summed E-state index contributed by atoms with van der Waals surface area (Å²) in [6.07, 6.45) is -6.95. The number of carboxylic acid groups (broad SMARTS) is 2. The highest BCUT2D eigenvalue weighted by atomic mass is 35.5. The number of unbranched alkanes of at least 4 members (excludes halogenated alkanes) is 4. The van der Waals surface area contributed by atoms with E-state index < -0.39 is 222 Å². The number of hydrogen-bond acceptors (Lipinski definition) is 23. The maximum atomic E-state index is 16.4. The second kappa shape index (κ2) is 32.7. The Labute approximate surface area is 635 Å². The average molecular weight is 1560 g/mol. The molecule has 0 spiro atoms. The Morgan fingerprint density at radius 1 is 0.555 bits per heavy atom. The highest BCUT2D eigenvalue weighted by molar-refractivity contribution is 6.33. The van der Waals surface area contributed by atoms with Gasteiger partial charge in [0.1, 0.15) is 101 Å². The van der Waals surface area contributed by atoms with Crippen molar-refractivity contribution in [2.24, 2.45) is 5.92 Å². The molecule has 32 nitrogen and oxygen atoms in total. The molecule has 17 bridgehead atoms. The number of likely N-dealkylation sites (N-methyl/N-ethyl adjacent to an activating group) is 1. The van der Waals surface area contributed by atoms with Crippen molar-refractivity contribution in [1.82, 2.24) is 42.5 Å². The molecule has 1 saturated heterocycles. The molecule has 578 valence electrons. The average Bonchev–Trinajstić information content (AvgIpc) is 0.772. The summed E-state index contributed by atoms with van der Waals surface area (Å²) in [6.45, 7) is 4.22. The first kappa shape index (κ1) is 77.9. The number of phenolic OH excluding ortho intramolecular Hbond substituents is 5. The molecule has 13 atom stereocenters. The molecule has 7 heterocycles. The molecule has 1 fully saturated rings. The van der Waals surface area contributed by atoms with Crippen LogP contribution in [0.3, 0.4) is 0 Å². The Hall–Kier alpha value is -11.7. The quantitative estimate of drug-likeness (QED) is 0.0529. The van der Waals surface area contributed by atoms with E-state index in [1.54, 1.807) is 0 Å². The highest BCUT2D eigenvalue weighted by Gasteiger charge is 2.51. The molecule has 110 heavy (non-hydrogen) atoms. The lowest BCUT2D eigenvalue weighted by atomic mass is 9.89. The number of amides is 7. The first-order chi connectivity index (χ1) is 52.4. The smallest absolute Gasteiger partial charge is 0.335 e. The minimum atomic E-state index is -2.38. The van der Waals surface area contributed by atoms with E-state index in [0.29, 0.717) is 24.3 Å². The summed E-state index contributed by atoms with van der Waals surface area (Å²) in [5.74, 6) is -18.1. The number of aliphatic carboxylic acids is 2. The van der Waals surface area contributed by atoms with Crippen LogP contribution in [0.15, 0.2) is 115 Å². The van der Waals surface area contributed by atoms with Gasteiger partial charge in [0.2, 0.25) is 53.4 Å². The minimum absolute atomic E-state index is 0.117. The molecule has 0 radical (unpaired) electrons. The molecule has 14 rings (SSSR count). The van der Waals surface area contributed by atoms with Crippen molar-refractivity contribution in [3.8, 4) is 80.1 Å². The minimum Gasteiger partial charge on any atom is -0.508 e. The van der Waals surface area contributed by atoms with E-state index >= 15 is 19.2 Å². The summed E-state index contributed by atoms with van der Waals surface area (Å²) in [6, 6.07) is 5.61. The fourth-order valence-corrected chi connectivity index (χ4v) is 14.1. The van der Waals surface area contributed by atoms with Crippen LogP contribution in [0.25, 0.3) is 11.1 Å². The first-order valence-corrected chi connectivity index (χ1v) is 35.6.